The summed E-state index contributed by atoms with van der Waals surface area (Å²) in [5.41, 5.74) is 3.59. The summed E-state index contributed by atoms with van der Waals surface area (Å²) in [6.45, 7) is 0. The lowest BCUT2D eigenvalue weighted by Gasteiger charge is -2.18. The second kappa shape index (κ2) is 4.51. The van der Waals surface area contributed by atoms with Crippen LogP contribution in [0.15, 0.2) is 48.5 Å². The Morgan fingerprint density at radius 2 is 1.68 bits per heavy atom. The molecule has 0 saturated carbocycles. The van der Waals surface area contributed by atoms with Gasteiger partial charge in [0.05, 0.1) is 18.5 Å². The van der Waals surface area contributed by atoms with Crippen molar-refractivity contribution in [1.29, 1.82) is 5.26 Å². The van der Waals surface area contributed by atoms with Crippen LogP contribution in [0.25, 0.3) is 11.8 Å². The van der Waals surface area contributed by atoms with Crippen LogP contribution in [0.3, 0.4) is 0 Å². The molecule has 3 heteroatoms. The van der Waals surface area contributed by atoms with Gasteiger partial charge in [0.25, 0.3) is 0 Å². The summed E-state index contributed by atoms with van der Waals surface area (Å²) < 4.78 is 5.47. The third-order valence-electron chi connectivity index (χ3n) is 3.19. The number of nitriles is 1. The van der Waals surface area contributed by atoms with E-state index in [0.717, 1.165) is 28.3 Å². The van der Waals surface area contributed by atoms with Crippen LogP contribution in [0, 0.1) is 11.5 Å². The average Bonchev–Trinajstić information content (AvgIpc) is 2.61. The average molecular weight is 248 g/mol. The molecular formula is C16H12N2O. The van der Waals surface area contributed by atoms with E-state index < -0.39 is 0 Å². The number of ether oxygens (including phenoxy) is 1. The lowest BCUT2D eigenvalue weighted by molar-refractivity contribution is 0.373. The van der Waals surface area contributed by atoms with E-state index in [0.29, 0.717) is 0 Å². The molecule has 3 rings (SSSR count). The zero-order valence-electron chi connectivity index (χ0n) is 10.5. The van der Waals surface area contributed by atoms with E-state index in [9.17, 15) is 5.26 Å². The van der Waals surface area contributed by atoms with E-state index in [1.165, 1.54) is 0 Å². The predicted molar refractivity (Wildman–Crippen MR) is 75.5 cm³/mol. The molecule has 0 bridgehead atoms. The second-order valence-corrected chi connectivity index (χ2v) is 4.22. The summed E-state index contributed by atoms with van der Waals surface area (Å²) in [5, 5.41) is 9.48. The van der Waals surface area contributed by atoms with Gasteiger partial charge in [-0.15, -0.1) is 0 Å². The van der Waals surface area contributed by atoms with Gasteiger partial charge in [-0.05, 0) is 24.3 Å². The van der Waals surface area contributed by atoms with Gasteiger partial charge in [0.2, 0.25) is 0 Å². The maximum absolute atomic E-state index is 9.48. The zero-order chi connectivity index (χ0) is 13.2. The van der Waals surface area contributed by atoms with Gasteiger partial charge in [-0.3, -0.25) is 0 Å². The van der Waals surface area contributed by atoms with Gasteiger partial charge < -0.3 is 4.74 Å². The Labute approximate surface area is 112 Å². The molecule has 2 aromatic carbocycles. The molecule has 92 valence electrons. The number of methoxy groups -OCH3 is 1. The molecule has 1 aliphatic heterocycles. The van der Waals surface area contributed by atoms with Gasteiger partial charge >= 0.3 is 0 Å². The molecule has 0 saturated heterocycles. The van der Waals surface area contributed by atoms with Gasteiger partial charge in [-0.1, -0.05) is 30.3 Å². The molecule has 0 N–H and O–H groups in total. The van der Waals surface area contributed by atoms with E-state index in [1.54, 1.807) is 12.0 Å². The zero-order valence-corrected chi connectivity index (χ0v) is 10.5. The van der Waals surface area contributed by atoms with Gasteiger partial charge in [0.15, 0.2) is 6.19 Å². The van der Waals surface area contributed by atoms with Crippen LogP contribution in [-0.4, -0.2) is 7.11 Å². The summed E-state index contributed by atoms with van der Waals surface area (Å²) in [4.78, 5) is 1.63. The van der Waals surface area contributed by atoms with E-state index in [1.807, 2.05) is 54.6 Å². The van der Waals surface area contributed by atoms with Gasteiger partial charge in [0, 0.05) is 11.1 Å². The summed E-state index contributed by atoms with van der Waals surface area (Å²) in [5.74, 6) is 0.765. The van der Waals surface area contributed by atoms with Crippen molar-refractivity contribution in [2.45, 2.75) is 0 Å². The minimum atomic E-state index is 0.765. The third kappa shape index (κ3) is 1.74. The predicted octanol–water partition coefficient (Wildman–Crippen LogP) is 3.76. The molecule has 0 amide bonds. The molecule has 2 aromatic rings. The first-order chi connectivity index (χ1) is 9.35. The van der Waals surface area contributed by atoms with Crippen LogP contribution in [0.5, 0.6) is 0 Å². The van der Waals surface area contributed by atoms with E-state index in [-0.39, 0.29) is 0 Å². The minimum Gasteiger partial charge on any atom is -0.496 e. The molecule has 19 heavy (non-hydrogen) atoms. The SMILES string of the molecule is COC1=Cc2ccccc2N(C#N)c2ccccc21. The Balaban J connectivity index is 2.35. The summed E-state index contributed by atoms with van der Waals surface area (Å²) in [6.07, 6.45) is 4.21. The Hall–Kier alpha value is -2.73. The molecule has 0 fully saturated rings. The molecule has 0 radical (unpaired) electrons. The highest BCUT2D eigenvalue weighted by molar-refractivity contribution is 5.93. The van der Waals surface area contributed by atoms with Crippen LogP contribution in [-0.2, 0) is 4.74 Å². The summed E-state index contributed by atoms with van der Waals surface area (Å²) >= 11 is 0. The lowest BCUT2D eigenvalue weighted by Crippen LogP contribution is -2.10. The first kappa shape index (κ1) is 11.4. The molecule has 1 aliphatic rings. The van der Waals surface area contributed by atoms with Gasteiger partial charge in [-0.2, -0.15) is 5.26 Å². The fourth-order valence-electron chi connectivity index (χ4n) is 2.32. The van der Waals surface area contributed by atoms with Crippen LogP contribution in [0.2, 0.25) is 0 Å². The Kier molecular flexibility index (Phi) is 2.70. The fraction of sp³-hybridized carbons (Fsp3) is 0.0625. The first-order valence-electron chi connectivity index (χ1n) is 5.99. The molecule has 0 aromatic heterocycles. The third-order valence-corrected chi connectivity index (χ3v) is 3.19. The lowest BCUT2D eigenvalue weighted by atomic mass is 10.1. The van der Waals surface area contributed by atoms with E-state index in [4.69, 9.17) is 4.74 Å². The monoisotopic (exact) mass is 248 g/mol. The topological polar surface area (TPSA) is 36.3 Å². The van der Waals surface area contributed by atoms with Crippen LogP contribution >= 0.6 is 0 Å². The van der Waals surface area contributed by atoms with Crippen molar-refractivity contribution in [3.63, 3.8) is 0 Å². The first-order valence-corrected chi connectivity index (χ1v) is 5.99. The standard InChI is InChI=1S/C16H12N2O/c1-19-16-10-12-6-2-4-8-14(12)18(11-17)15-9-5-3-7-13(15)16/h2-10H,1H3. The summed E-state index contributed by atoms with van der Waals surface area (Å²) in [6, 6.07) is 15.5. The number of nitrogens with zero attached hydrogens (tertiary/aromatic N) is 2. The number of rotatable bonds is 1. The highest BCUT2D eigenvalue weighted by Crippen LogP contribution is 2.39. The Morgan fingerprint density at radius 3 is 2.42 bits per heavy atom. The maximum atomic E-state index is 9.48. The van der Waals surface area contributed by atoms with Gasteiger partial charge in [-0.25, -0.2) is 4.90 Å². The largest absolute Gasteiger partial charge is 0.496 e. The molecule has 0 atom stereocenters. The smallest absolute Gasteiger partial charge is 0.189 e. The maximum Gasteiger partial charge on any atom is 0.189 e. The van der Waals surface area contributed by atoms with Crippen LogP contribution < -0.4 is 4.90 Å². The van der Waals surface area contributed by atoms with Crippen LogP contribution in [0.4, 0.5) is 11.4 Å². The Bertz CT molecular complexity index is 698. The molecule has 3 nitrogen and oxygen atoms in total. The number of fused-ring (bicyclic) bond motifs is 2. The number of hydrogen-bond donors (Lipinski definition) is 0. The van der Waals surface area contributed by atoms with Crippen LogP contribution in [0.1, 0.15) is 11.1 Å². The molecule has 0 aliphatic carbocycles. The number of para-hydroxylation sites is 2. The summed E-state index contributed by atoms with van der Waals surface area (Å²) in [7, 11) is 1.65. The highest BCUT2D eigenvalue weighted by Gasteiger charge is 2.21. The van der Waals surface area contributed by atoms with Crippen molar-refractivity contribution in [1.82, 2.24) is 0 Å². The van der Waals surface area contributed by atoms with Crippen molar-refractivity contribution in [3.8, 4) is 6.19 Å². The van der Waals surface area contributed by atoms with Crippen molar-refractivity contribution < 1.29 is 4.74 Å². The van der Waals surface area contributed by atoms with E-state index >= 15 is 0 Å². The molecular weight excluding hydrogens is 236 g/mol. The van der Waals surface area contributed by atoms with Crippen molar-refractivity contribution >= 4 is 23.2 Å². The van der Waals surface area contributed by atoms with E-state index in [2.05, 4.69) is 6.19 Å². The molecule has 1 heterocycles. The van der Waals surface area contributed by atoms with Crippen molar-refractivity contribution in [2.75, 3.05) is 12.0 Å². The van der Waals surface area contributed by atoms with Crippen molar-refractivity contribution in [3.05, 3.63) is 59.7 Å². The van der Waals surface area contributed by atoms with Crippen molar-refractivity contribution in [2.24, 2.45) is 0 Å². The second-order valence-electron chi connectivity index (χ2n) is 4.22. The molecule has 0 spiro atoms. The quantitative estimate of drug-likeness (QED) is 0.721. The number of benzene rings is 2. The Morgan fingerprint density at radius 1 is 1.00 bits per heavy atom. The number of anilines is 2. The van der Waals surface area contributed by atoms with Gasteiger partial charge in [0.1, 0.15) is 5.76 Å². The highest BCUT2D eigenvalue weighted by atomic mass is 16.5. The number of hydrogen-bond acceptors (Lipinski definition) is 3. The fourth-order valence-corrected chi connectivity index (χ4v) is 2.32. The minimum absolute atomic E-state index is 0.765. The normalized spacial score (nSPS) is 12.6. The molecule has 0 unspecified atom stereocenters.